The third kappa shape index (κ3) is 4.39. The van der Waals surface area contributed by atoms with Gasteiger partial charge in [0.25, 0.3) is 0 Å². The summed E-state index contributed by atoms with van der Waals surface area (Å²) in [7, 11) is 0. The molecule has 0 radical (unpaired) electrons. The molecule has 0 N–H and O–H groups in total. The lowest BCUT2D eigenvalue weighted by Crippen LogP contribution is -2.46. The van der Waals surface area contributed by atoms with Crippen LogP contribution in [-0.4, -0.2) is 29.4 Å². The van der Waals surface area contributed by atoms with Gasteiger partial charge in [0.2, 0.25) is 0 Å². The molecule has 0 unspecified atom stereocenters. The third-order valence-electron chi connectivity index (χ3n) is 2.79. The van der Waals surface area contributed by atoms with E-state index in [9.17, 15) is 9.59 Å². The average molecular weight is 263 g/mol. The first-order chi connectivity index (χ1) is 8.88. The van der Waals surface area contributed by atoms with E-state index in [1.807, 2.05) is 27.7 Å². The highest BCUT2D eigenvalue weighted by Gasteiger charge is 2.26. The first-order valence-electron chi connectivity index (χ1n) is 6.40. The Bertz CT molecular complexity index is 432. The molecule has 0 heterocycles. The van der Waals surface area contributed by atoms with E-state index >= 15 is 0 Å². The van der Waals surface area contributed by atoms with Gasteiger partial charge in [0.1, 0.15) is 12.0 Å². The van der Waals surface area contributed by atoms with Gasteiger partial charge in [0, 0.05) is 18.5 Å². The number of carbonyl (C=O) groups excluding carboxylic acids is 2. The van der Waals surface area contributed by atoms with E-state index in [0.29, 0.717) is 18.7 Å². The first kappa shape index (κ1) is 15.2. The molecule has 4 heteroatoms. The zero-order valence-electron chi connectivity index (χ0n) is 12.0. The number of hydrogen-bond acceptors (Lipinski definition) is 3. The SMILES string of the molecule is CCN(C(=O)Oc1ccc(CC=O)cc1)C(C)(C)C. The van der Waals surface area contributed by atoms with Crippen molar-refractivity contribution in [2.45, 2.75) is 39.7 Å². The summed E-state index contributed by atoms with van der Waals surface area (Å²) in [6.07, 6.45) is 0.856. The zero-order valence-corrected chi connectivity index (χ0v) is 12.0. The summed E-state index contributed by atoms with van der Waals surface area (Å²) in [5.41, 5.74) is 0.626. The van der Waals surface area contributed by atoms with E-state index in [-0.39, 0.29) is 11.6 Å². The van der Waals surface area contributed by atoms with Gasteiger partial charge in [-0.3, -0.25) is 0 Å². The van der Waals surface area contributed by atoms with Gasteiger partial charge in [-0.05, 0) is 45.4 Å². The van der Waals surface area contributed by atoms with Crippen molar-refractivity contribution in [3.8, 4) is 5.75 Å². The number of ether oxygens (including phenoxy) is 1. The van der Waals surface area contributed by atoms with Crippen LogP contribution in [0.25, 0.3) is 0 Å². The monoisotopic (exact) mass is 263 g/mol. The molecule has 0 aliphatic carbocycles. The van der Waals surface area contributed by atoms with Crippen molar-refractivity contribution < 1.29 is 14.3 Å². The molecule has 1 aromatic carbocycles. The highest BCUT2D eigenvalue weighted by Crippen LogP contribution is 2.18. The molecule has 19 heavy (non-hydrogen) atoms. The average Bonchev–Trinajstić information content (AvgIpc) is 2.31. The van der Waals surface area contributed by atoms with Crippen LogP contribution in [0.5, 0.6) is 5.75 Å². The topological polar surface area (TPSA) is 46.6 Å². The molecular formula is C15H21NO3. The maximum Gasteiger partial charge on any atom is 0.415 e. The maximum absolute atomic E-state index is 12.0. The highest BCUT2D eigenvalue weighted by molar-refractivity contribution is 5.71. The van der Waals surface area contributed by atoms with Crippen molar-refractivity contribution in [3.05, 3.63) is 29.8 Å². The van der Waals surface area contributed by atoms with Gasteiger partial charge in [-0.15, -0.1) is 0 Å². The molecular weight excluding hydrogens is 242 g/mol. The Balaban J connectivity index is 2.73. The van der Waals surface area contributed by atoms with Crippen molar-refractivity contribution in [1.82, 2.24) is 4.90 Å². The van der Waals surface area contributed by atoms with Gasteiger partial charge in [-0.2, -0.15) is 0 Å². The van der Waals surface area contributed by atoms with Gasteiger partial charge in [0.15, 0.2) is 0 Å². The van der Waals surface area contributed by atoms with Crippen LogP contribution in [-0.2, 0) is 11.2 Å². The normalized spacial score (nSPS) is 10.9. The molecule has 0 aliphatic rings. The minimum Gasteiger partial charge on any atom is -0.410 e. The Morgan fingerprint density at radius 2 is 1.84 bits per heavy atom. The molecule has 0 bridgehead atoms. The summed E-state index contributed by atoms with van der Waals surface area (Å²) < 4.78 is 5.33. The summed E-state index contributed by atoms with van der Waals surface area (Å²) in [6, 6.07) is 6.97. The molecule has 0 aromatic heterocycles. The number of amides is 1. The second-order valence-corrected chi connectivity index (χ2v) is 5.30. The molecule has 0 fully saturated rings. The first-order valence-corrected chi connectivity index (χ1v) is 6.40. The van der Waals surface area contributed by atoms with E-state index < -0.39 is 0 Å². The number of rotatable bonds is 4. The molecule has 0 atom stereocenters. The van der Waals surface area contributed by atoms with Crippen molar-refractivity contribution in [3.63, 3.8) is 0 Å². The van der Waals surface area contributed by atoms with Crippen LogP contribution in [0.2, 0.25) is 0 Å². The van der Waals surface area contributed by atoms with Crippen molar-refractivity contribution in [2.75, 3.05) is 6.54 Å². The Morgan fingerprint density at radius 3 is 2.26 bits per heavy atom. The van der Waals surface area contributed by atoms with E-state index in [1.54, 1.807) is 29.2 Å². The smallest absolute Gasteiger partial charge is 0.410 e. The van der Waals surface area contributed by atoms with Crippen molar-refractivity contribution in [1.29, 1.82) is 0 Å². The number of carbonyl (C=O) groups is 2. The summed E-state index contributed by atoms with van der Waals surface area (Å²) in [6.45, 7) is 8.39. The molecule has 0 spiro atoms. The summed E-state index contributed by atoms with van der Waals surface area (Å²) in [5, 5.41) is 0. The standard InChI is InChI=1S/C15H21NO3/c1-5-16(15(2,3)4)14(18)19-13-8-6-12(7-9-13)10-11-17/h6-9,11H,5,10H2,1-4H3. The minimum absolute atomic E-state index is 0.275. The van der Waals surface area contributed by atoms with Crippen LogP contribution < -0.4 is 4.74 Å². The molecule has 1 aromatic rings. The Morgan fingerprint density at radius 1 is 1.26 bits per heavy atom. The zero-order chi connectivity index (χ0) is 14.5. The number of nitrogens with zero attached hydrogens (tertiary/aromatic N) is 1. The third-order valence-corrected chi connectivity index (χ3v) is 2.79. The van der Waals surface area contributed by atoms with Crippen LogP contribution >= 0.6 is 0 Å². The fourth-order valence-corrected chi connectivity index (χ4v) is 1.82. The van der Waals surface area contributed by atoms with Crippen LogP contribution in [0.3, 0.4) is 0 Å². The second kappa shape index (κ2) is 6.36. The molecule has 0 aliphatic heterocycles. The van der Waals surface area contributed by atoms with E-state index in [1.165, 1.54) is 0 Å². The van der Waals surface area contributed by atoms with Crippen LogP contribution in [0.1, 0.15) is 33.3 Å². The predicted molar refractivity (Wildman–Crippen MR) is 74.4 cm³/mol. The number of aldehydes is 1. The lowest BCUT2D eigenvalue weighted by Gasteiger charge is -2.33. The fourth-order valence-electron chi connectivity index (χ4n) is 1.82. The molecule has 1 rings (SSSR count). The van der Waals surface area contributed by atoms with E-state index in [4.69, 9.17) is 4.74 Å². The Kier molecular flexibility index (Phi) is 5.10. The lowest BCUT2D eigenvalue weighted by molar-refractivity contribution is -0.107. The van der Waals surface area contributed by atoms with Crippen LogP contribution in [0, 0.1) is 0 Å². The number of benzene rings is 1. The molecule has 4 nitrogen and oxygen atoms in total. The summed E-state index contributed by atoms with van der Waals surface area (Å²) in [4.78, 5) is 24.1. The van der Waals surface area contributed by atoms with Gasteiger partial charge in [-0.1, -0.05) is 12.1 Å². The largest absolute Gasteiger partial charge is 0.415 e. The van der Waals surface area contributed by atoms with Gasteiger partial charge < -0.3 is 14.4 Å². The van der Waals surface area contributed by atoms with E-state index in [2.05, 4.69) is 0 Å². The predicted octanol–water partition coefficient (Wildman–Crippen LogP) is 3.05. The number of hydrogen-bond donors (Lipinski definition) is 0. The summed E-state index contributed by atoms with van der Waals surface area (Å²) >= 11 is 0. The molecule has 1 amide bonds. The van der Waals surface area contributed by atoms with Gasteiger partial charge >= 0.3 is 6.09 Å². The van der Waals surface area contributed by atoms with Gasteiger partial charge in [-0.25, -0.2) is 4.79 Å². The van der Waals surface area contributed by atoms with Crippen molar-refractivity contribution >= 4 is 12.4 Å². The van der Waals surface area contributed by atoms with Gasteiger partial charge in [0.05, 0.1) is 0 Å². The quantitative estimate of drug-likeness (QED) is 0.784. The Labute approximate surface area is 114 Å². The minimum atomic E-state index is -0.363. The molecule has 104 valence electrons. The molecule has 0 saturated heterocycles. The lowest BCUT2D eigenvalue weighted by atomic mass is 10.1. The maximum atomic E-state index is 12.0. The fraction of sp³-hybridized carbons (Fsp3) is 0.467. The van der Waals surface area contributed by atoms with Crippen molar-refractivity contribution in [2.24, 2.45) is 0 Å². The highest BCUT2D eigenvalue weighted by atomic mass is 16.6. The summed E-state index contributed by atoms with van der Waals surface area (Å²) in [5.74, 6) is 0.488. The Hall–Kier alpha value is -1.84. The van der Waals surface area contributed by atoms with Crippen LogP contribution in [0.4, 0.5) is 4.79 Å². The van der Waals surface area contributed by atoms with Crippen LogP contribution in [0.15, 0.2) is 24.3 Å². The van der Waals surface area contributed by atoms with E-state index in [0.717, 1.165) is 11.8 Å². The molecule has 0 saturated carbocycles. The second-order valence-electron chi connectivity index (χ2n) is 5.30.